The summed E-state index contributed by atoms with van der Waals surface area (Å²) in [6.07, 6.45) is 3.60. The summed E-state index contributed by atoms with van der Waals surface area (Å²) in [5.74, 6) is 0.952. The van der Waals surface area contributed by atoms with Crippen molar-refractivity contribution in [3.05, 3.63) is 42.0 Å². The lowest BCUT2D eigenvalue weighted by atomic mass is 10.1. The molecule has 0 atom stereocenters. The third-order valence-corrected chi connectivity index (χ3v) is 2.21. The topological polar surface area (TPSA) is 35.2 Å². The van der Waals surface area contributed by atoms with Gasteiger partial charge in [-0.05, 0) is 37.9 Å². The molecule has 1 aromatic carbocycles. The Morgan fingerprint density at radius 3 is 2.93 bits per heavy atom. The fourth-order valence-corrected chi connectivity index (χ4v) is 1.45. The zero-order chi connectivity index (χ0) is 11.1. The smallest absolute Gasteiger partial charge is 0.122 e. The van der Waals surface area contributed by atoms with Crippen LogP contribution in [0.15, 0.2) is 30.9 Å². The SMILES string of the molecule is C=CCCOc1ccc(C)cc1CCN. The van der Waals surface area contributed by atoms with Gasteiger partial charge in [-0.1, -0.05) is 23.8 Å². The van der Waals surface area contributed by atoms with Crippen molar-refractivity contribution in [1.82, 2.24) is 0 Å². The van der Waals surface area contributed by atoms with Gasteiger partial charge in [0.05, 0.1) is 6.61 Å². The number of hydrogen-bond acceptors (Lipinski definition) is 2. The molecule has 0 saturated carbocycles. The monoisotopic (exact) mass is 205 g/mol. The van der Waals surface area contributed by atoms with Gasteiger partial charge in [0, 0.05) is 0 Å². The summed E-state index contributed by atoms with van der Waals surface area (Å²) in [7, 11) is 0. The molecule has 2 N–H and O–H groups in total. The molecule has 0 radical (unpaired) electrons. The van der Waals surface area contributed by atoms with E-state index in [4.69, 9.17) is 10.5 Å². The lowest BCUT2D eigenvalue weighted by molar-refractivity contribution is 0.321. The van der Waals surface area contributed by atoms with Crippen molar-refractivity contribution in [3.8, 4) is 5.75 Å². The van der Waals surface area contributed by atoms with Crippen molar-refractivity contribution in [2.75, 3.05) is 13.2 Å². The highest BCUT2D eigenvalue weighted by atomic mass is 16.5. The minimum atomic E-state index is 0.654. The zero-order valence-corrected chi connectivity index (χ0v) is 9.33. The molecule has 0 bridgehead atoms. The van der Waals surface area contributed by atoms with Crippen LogP contribution in [0.1, 0.15) is 17.5 Å². The summed E-state index contributed by atoms with van der Waals surface area (Å²) >= 11 is 0. The normalized spacial score (nSPS) is 10.0. The van der Waals surface area contributed by atoms with Crippen LogP contribution in [0.4, 0.5) is 0 Å². The number of ether oxygens (including phenoxy) is 1. The van der Waals surface area contributed by atoms with E-state index in [-0.39, 0.29) is 0 Å². The van der Waals surface area contributed by atoms with E-state index < -0.39 is 0 Å². The summed E-state index contributed by atoms with van der Waals surface area (Å²) in [5, 5.41) is 0. The summed E-state index contributed by atoms with van der Waals surface area (Å²) in [6.45, 7) is 7.08. The fourth-order valence-electron chi connectivity index (χ4n) is 1.45. The molecule has 1 rings (SSSR count). The minimum absolute atomic E-state index is 0.654. The lowest BCUT2D eigenvalue weighted by Gasteiger charge is -2.11. The molecule has 15 heavy (non-hydrogen) atoms. The van der Waals surface area contributed by atoms with E-state index >= 15 is 0 Å². The maximum Gasteiger partial charge on any atom is 0.122 e. The zero-order valence-electron chi connectivity index (χ0n) is 9.33. The molecule has 1 aromatic rings. The Morgan fingerprint density at radius 2 is 2.27 bits per heavy atom. The molecular weight excluding hydrogens is 186 g/mol. The molecule has 0 amide bonds. The van der Waals surface area contributed by atoms with Gasteiger partial charge in [-0.25, -0.2) is 0 Å². The van der Waals surface area contributed by atoms with E-state index in [0.717, 1.165) is 18.6 Å². The second-order valence-corrected chi connectivity index (χ2v) is 3.58. The molecule has 82 valence electrons. The Bertz CT molecular complexity index is 320. The predicted molar refractivity (Wildman–Crippen MR) is 64.2 cm³/mol. The van der Waals surface area contributed by atoms with Crippen LogP contribution in [0.3, 0.4) is 0 Å². The molecule has 2 nitrogen and oxygen atoms in total. The van der Waals surface area contributed by atoms with Gasteiger partial charge >= 0.3 is 0 Å². The van der Waals surface area contributed by atoms with E-state index in [2.05, 4.69) is 25.6 Å². The molecule has 0 aliphatic carbocycles. The minimum Gasteiger partial charge on any atom is -0.493 e. The van der Waals surface area contributed by atoms with Crippen molar-refractivity contribution in [1.29, 1.82) is 0 Å². The van der Waals surface area contributed by atoms with Crippen LogP contribution in [-0.4, -0.2) is 13.2 Å². The van der Waals surface area contributed by atoms with E-state index in [0.29, 0.717) is 13.2 Å². The Hall–Kier alpha value is -1.28. The van der Waals surface area contributed by atoms with E-state index in [1.807, 2.05) is 12.1 Å². The van der Waals surface area contributed by atoms with Crippen LogP contribution in [0.2, 0.25) is 0 Å². The first-order chi connectivity index (χ1) is 7.27. The van der Waals surface area contributed by atoms with Crippen LogP contribution < -0.4 is 10.5 Å². The lowest BCUT2D eigenvalue weighted by Crippen LogP contribution is -2.06. The molecule has 0 aliphatic heterocycles. The Balaban J connectivity index is 2.71. The first kappa shape index (κ1) is 11.8. The van der Waals surface area contributed by atoms with Crippen molar-refractivity contribution < 1.29 is 4.74 Å². The molecule has 0 saturated heterocycles. The second kappa shape index (κ2) is 6.25. The predicted octanol–water partition coefficient (Wildman–Crippen LogP) is 2.45. The standard InChI is InChI=1S/C13H19NO/c1-3-4-9-15-13-6-5-11(2)10-12(13)7-8-14/h3,5-6,10H,1,4,7-9,14H2,2H3. The molecule has 0 unspecified atom stereocenters. The average Bonchev–Trinajstić information content (AvgIpc) is 2.22. The van der Waals surface area contributed by atoms with Crippen molar-refractivity contribution in [2.24, 2.45) is 5.73 Å². The number of nitrogens with two attached hydrogens (primary N) is 1. The van der Waals surface area contributed by atoms with Crippen LogP contribution >= 0.6 is 0 Å². The summed E-state index contributed by atoms with van der Waals surface area (Å²) in [5.41, 5.74) is 8.00. The maximum atomic E-state index is 5.66. The summed E-state index contributed by atoms with van der Waals surface area (Å²) in [6, 6.07) is 6.21. The number of benzene rings is 1. The van der Waals surface area contributed by atoms with Gasteiger partial charge in [0.15, 0.2) is 0 Å². The van der Waals surface area contributed by atoms with Crippen molar-refractivity contribution in [2.45, 2.75) is 19.8 Å². The van der Waals surface area contributed by atoms with Gasteiger partial charge in [0.1, 0.15) is 5.75 Å². The first-order valence-electron chi connectivity index (χ1n) is 5.31. The molecule has 0 fully saturated rings. The molecular formula is C13H19NO. The number of rotatable bonds is 6. The Labute approximate surface area is 91.7 Å². The Kier molecular flexibility index (Phi) is 4.91. The van der Waals surface area contributed by atoms with Gasteiger partial charge in [-0.2, -0.15) is 0 Å². The third kappa shape index (κ3) is 3.76. The van der Waals surface area contributed by atoms with Gasteiger partial charge in [-0.15, -0.1) is 6.58 Å². The van der Waals surface area contributed by atoms with Crippen molar-refractivity contribution >= 4 is 0 Å². The van der Waals surface area contributed by atoms with Gasteiger partial charge in [0.2, 0.25) is 0 Å². The second-order valence-electron chi connectivity index (χ2n) is 3.58. The number of aryl methyl sites for hydroxylation is 1. The van der Waals surface area contributed by atoms with Crippen LogP contribution in [0, 0.1) is 6.92 Å². The molecule has 0 heterocycles. The first-order valence-corrected chi connectivity index (χ1v) is 5.31. The summed E-state index contributed by atoms with van der Waals surface area (Å²) < 4.78 is 5.66. The van der Waals surface area contributed by atoms with E-state index in [9.17, 15) is 0 Å². The van der Waals surface area contributed by atoms with E-state index in [1.165, 1.54) is 11.1 Å². The number of hydrogen-bond donors (Lipinski definition) is 1. The molecule has 2 heteroatoms. The van der Waals surface area contributed by atoms with Crippen LogP contribution in [-0.2, 0) is 6.42 Å². The Morgan fingerprint density at radius 1 is 1.47 bits per heavy atom. The third-order valence-electron chi connectivity index (χ3n) is 2.21. The highest BCUT2D eigenvalue weighted by Crippen LogP contribution is 2.20. The summed E-state index contributed by atoms with van der Waals surface area (Å²) in [4.78, 5) is 0. The maximum absolute atomic E-state index is 5.66. The molecule has 0 aromatic heterocycles. The van der Waals surface area contributed by atoms with E-state index in [1.54, 1.807) is 0 Å². The fraction of sp³-hybridized carbons (Fsp3) is 0.385. The highest BCUT2D eigenvalue weighted by Gasteiger charge is 2.02. The highest BCUT2D eigenvalue weighted by molar-refractivity contribution is 5.37. The van der Waals surface area contributed by atoms with Gasteiger partial charge < -0.3 is 10.5 Å². The van der Waals surface area contributed by atoms with Crippen LogP contribution in [0.25, 0.3) is 0 Å². The van der Waals surface area contributed by atoms with Gasteiger partial charge in [0.25, 0.3) is 0 Å². The average molecular weight is 205 g/mol. The largest absolute Gasteiger partial charge is 0.493 e. The van der Waals surface area contributed by atoms with Crippen molar-refractivity contribution in [3.63, 3.8) is 0 Å². The van der Waals surface area contributed by atoms with Gasteiger partial charge in [-0.3, -0.25) is 0 Å². The molecule has 0 spiro atoms. The molecule has 0 aliphatic rings. The van der Waals surface area contributed by atoms with Crippen LogP contribution in [0.5, 0.6) is 5.75 Å². The quantitative estimate of drug-likeness (QED) is 0.572.